The Labute approximate surface area is 172 Å². The Morgan fingerprint density at radius 3 is 2.56 bits per heavy atom. The molecule has 0 fully saturated rings. The summed E-state index contributed by atoms with van der Waals surface area (Å²) in [5.74, 6) is 0.771. The van der Waals surface area contributed by atoms with E-state index in [1.807, 2.05) is 42.9 Å². The molecule has 0 aliphatic rings. The zero-order valence-corrected chi connectivity index (χ0v) is 18.5. The standard InChI is InChI=1S/C18H26ClN5.HI/c1-6-20-18(21-11-16-13(3)23-24(5)14(16)4)22-12(2)15-9-7-8-10-17(15)19;/h7-10,12H,6,11H2,1-5H3,(H2,20,21,22);1H. The summed E-state index contributed by atoms with van der Waals surface area (Å²) in [6, 6.07) is 7.92. The number of hydrogen-bond donors (Lipinski definition) is 2. The molecule has 0 spiro atoms. The maximum atomic E-state index is 6.29. The van der Waals surface area contributed by atoms with Gasteiger partial charge >= 0.3 is 0 Å². The zero-order valence-electron chi connectivity index (χ0n) is 15.4. The summed E-state index contributed by atoms with van der Waals surface area (Å²) in [5, 5.41) is 11.9. The fraction of sp³-hybridized carbons (Fsp3) is 0.444. The third kappa shape index (κ3) is 5.60. The Morgan fingerprint density at radius 1 is 1.32 bits per heavy atom. The molecule has 0 saturated carbocycles. The lowest BCUT2D eigenvalue weighted by molar-refractivity contribution is 0.686. The van der Waals surface area contributed by atoms with E-state index in [2.05, 4.69) is 36.5 Å². The molecule has 2 rings (SSSR count). The van der Waals surface area contributed by atoms with Gasteiger partial charge in [0, 0.05) is 29.9 Å². The molecule has 1 aromatic carbocycles. The molecule has 2 N–H and O–H groups in total. The minimum absolute atomic E-state index is 0. The Kier molecular flexibility index (Phi) is 8.71. The van der Waals surface area contributed by atoms with Crippen LogP contribution in [0.4, 0.5) is 0 Å². The predicted octanol–water partition coefficient (Wildman–Crippen LogP) is 4.12. The van der Waals surface area contributed by atoms with Crippen molar-refractivity contribution in [1.29, 1.82) is 0 Å². The van der Waals surface area contributed by atoms with Crippen molar-refractivity contribution in [3.05, 3.63) is 51.8 Å². The summed E-state index contributed by atoms with van der Waals surface area (Å²) in [6.45, 7) is 9.61. The molecular weight excluding hydrogens is 449 g/mol. The molecule has 2 aromatic rings. The molecule has 1 aromatic heterocycles. The molecule has 138 valence electrons. The van der Waals surface area contributed by atoms with Crippen LogP contribution in [0.2, 0.25) is 5.02 Å². The van der Waals surface area contributed by atoms with E-state index in [9.17, 15) is 0 Å². The average Bonchev–Trinajstić information content (AvgIpc) is 2.78. The van der Waals surface area contributed by atoms with Gasteiger partial charge in [-0.2, -0.15) is 5.10 Å². The van der Waals surface area contributed by atoms with Crippen LogP contribution in [-0.4, -0.2) is 22.3 Å². The molecule has 0 amide bonds. The highest BCUT2D eigenvalue weighted by molar-refractivity contribution is 14.0. The van der Waals surface area contributed by atoms with Crippen molar-refractivity contribution in [3.63, 3.8) is 0 Å². The van der Waals surface area contributed by atoms with Gasteiger partial charge in [-0.1, -0.05) is 29.8 Å². The number of aromatic nitrogens is 2. The van der Waals surface area contributed by atoms with Crippen LogP contribution in [-0.2, 0) is 13.6 Å². The fourth-order valence-electron chi connectivity index (χ4n) is 2.63. The molecule has 1 unspecified atom stereocenters. The molecule has 0 saturated heterocycles. The molecule has 0 aliphatic heterocycles. The number of hydrogen-bond acceptors (Lipinski definition) is 2. The van der Waals surface area contributed by atoms with Crippen LogP contribution < -0.4 is 10.6 Å². The predicted molar refractivity (Wildman–Crippen MR) is 116 cm³/mol. The number of halogens is 2. The van der Waals surface area contributed by atoms with Crippen molar-refractivity contribution in [2.24, 2.45) is 12.0 Å². The average molecular weight is 476 g/mol. The lowest BCUT2D eigenvalue weighted by Gasteiger charge is -2.19. The van der Waals surface area contributed by atoms with E-state index in [4.69, 9.17) is 16.6 Å². The highest BCUT2D eigenvalue weighted by Gasteiger charge is 2.12. The van der Waals surface area contributed by atoms with Gasteiger partial charge in [-0.15, -0.1) is 24.0 Å². The van der Waals surface area contributed by atoms with Crippen LogP contribution in [0.15, 0.2) is 29.3 Å². The number of rotatable bonds is 5. The van der Waals surface area contributed by atoms with Crippen LogP contribution in [0.5, 0.6) is 0 Å². The van der Waals surface area contributed by atoms with Crippen LogP contribution in [0, 0.1) is 13.8 Å². The Bertz CT molecular complexity index is 726. The first-order chi connectivity index (χ1) is 11.4. The van der Waals surface area contributed by atoms with Gasteiger partial charge in [-0.05, 0) is 39.3 Å². The van der Waals surface area contributed by atoms with Crippen molar-refractivity contribution in [2.75, 3.05) is 6.54 Å². The van der Waals surface area contributed by atoms with Gasteiger partial charge in [0.2, 0.25) is 0 Å². The summed E-state index contributed by atoms with van der Waals surface area (Å²) in [5.41, 5.74) is 4.39. The monoisotopic (exact) mass is 475 g/mol. The van der Waals surface area contributed by atoms with Crippen molar-refractivity contribution >= 4 is 41.5 Å². The van der Waals surface area contributed by atoms with E-state index in [0.29, 0.717) is 6.54 Å². The molecule has 5 nitrogen and oxygen atoms in total. The summed E-state index contributed by atoms with van der Waals surface area (Å²) in [6.07, 6.45) is 0. The Hall–Kier alpha value is -1.28. The quantitative estimate of drug-likeness (QED) is 0.388. The van der Waals surface area contributed by atoms with E-state index in [1.165, 1.54) is 5.56 Å². The molecule has 0 radical (unpaired) electrons. The van der Waals surface area contributed by atoms with E-state index < -0.39 is 0 Å². The van der Waals surface area contributed by atoms with Crippen molar-refractivity contribution in [1.82, 2.24) is 20.4 Å². The second-order valence-corrected chi connectivity index (χ2v) is 6.26. The number of aryl methyl sites for hydroxylation is 2. The molecular formula is C18H27ClIN5. The van der Waals surface area contributed by atoms with Crippen LogP contribution in [0.3, 0.4) is 0 Å². The smallest absolute Gasteiger partial charge is 0.192 e. The van der Waals surface area contributed by atoms with E-state index in [1.54, 1.807) is 0 Å². The van der Waals surface area contributed by atoms with Gasteiger partial charge in [0.15, 0.2) is 5.96 Å². The van der Waals surface area contributed by atoms with E-state index in [0.717, 1.165) is 34.5 Å². The van der Waals surface area contributed by atoms with Gasteiger partial charge in [0.05, 0.1) is 18.3 Å². The lowest BCUT2D eigenvalue weighted by atomic mass is 10.1. The van der Waals surface area contributed by atoms with E-state index >= 15 is 0 Å². The normalized spacial score (nSPS) is 12.5. The van der Waals surface area contributed by atoms with Crippen LogP contribution in [0.25, 0.3) is 0 Å². The highest BCUT2D eigenvalue weighted by Crippen LogP contribution is 2.22. The maximum absolute atomic E-state index is 6.29. The summed E-state index contributed by atoms with van der Waals surface area (Å²) >= 11 is 6.29. The van der Waals surface area contributed by atoms with Crippen molar-refractivity contribution in [2.45, 2.75) is 40.3 Å². The summed E-state index contributed by atoms with van der Waals surface area (Å²) < 4.78 is 1.90. The molecule has 1 atom stereocenters. The van der Waals surface area contributed by atoms with Crippen molar-refractivity contribution < 1.29 is 0 Å². The lowest BCUT2D eigenvalue weighted by Crippen LogP contribution is -2.38. The number of nitrogens with zero attached hydrogens (tertiary/aromatic N) is 3. The Balaban J connectivity index is 0.00000312. The molecule has 0 bridgehead atoms. The molecule has 25 heavy (non-hydrogen) atoms. The Morgan fingerprint density at radius 2 is 2.00 bits per heavy atom. The number of guanidine groups is 1. The SMILES string of the molecule is CCNC(=NCc1c(C)nn(C)c1C)NC(C)c1ccccc1Cl.I. The van der Waals surface area contributed by atoms with Crippen molar-refractivity contribution in [3.8, 4) is 0 Å². The zero-order chi connectivity index (χ0) is 17.7. The number of benzene rings is 1. The first-order valence-corrected chi connectivity index (χ1v) is 8.60. The number of nitrogens with one attached hydrogen (secondary N) is 2. The molecule has 7 heteroatoms. The second-order valence-electron chi connectivity index (χ2n) is 5.86. The third-order valence-electron chi connectivity index (χ3n) is 4.12. The van der Waals surface area contributed by atoms with Gasteiger partial charge in [0.1, 0.15) is 0 Å². The minimum Gasteiger partial charge on any atom is -0.357 e. The topological polar surface area (TPSA) is 54.2 Å². The molecule has 1 heterocycles. The highest BCUT2D eigenvalue weighted by atomic mass is 127. The maximum Gasteiger partial charge on any atom is 0.192 e. The third-order valence-corrected chi connectivity index (χ3v) is 4.47. The van der Waals surface area contributed by atoms with Gasteiger partial charge < -0.3 is 10.6 Å². The number of aliphatic imine (C=N–C) groups is 1. The minimum atomic E-state index is 0. The van der Waals surface area contributed by atoms with Crippen LogP contribution in [0.1, 0.15) is 42.4 Å². The van der Waals surface area contributed by atoms with Gasteiger partial charge in [-0.3, -0.25) is 4.68 Å². The molecule has 0 aliphatic carbocycles. The van der Waals surface area contributed by atoms with Gasteiger partial charge in [-0.25, -0.2) is 4.99 Å². The largest absolute Gasteiger partial charge is 0.357 e. The van der Waals surface area contributed by atoms with E-state index in [-0.39, 0.29) is 30.0 Å². The first kappa shape index (κ1) is 21.8. The summed E-state index contributed by atoms with van der Waals surface area (Å²) in [7, 11) is 1.96. The fourth-order valence-corrected chi connectivity index (χ4v) is 2.93. The second kappa shape index (κ2) is 10.0. The van der Waals surface area contributed by atoms with Gasteiger partial charge in [0.25, 0.3) is 0 Å². The first-order valence-electron chi connectivity index (χ1n) is 8.22. The summed E-state index contributed by atoms with van der Waals surface area (Å²) in [4.78, 5) is 4.71. The van der Waals surface area contributed by atoms with Crippen LogP contribution >= 0.6 is 35.6 Å².